The van der Waals surface area contributed by atoms with Gasteiger partial charge in [0.2, 0.25) is 0 Å². The Balaban J connectivity index is 1.09. The van der Waals surface area contributed by atoms with Crippen molar-refractivity contribution >= 4 is 38.1 Å². The molecular weight excluding hydrogens is 691 g/mol. The molecule has 0 saturated heterocycles. The molecule has 2 spiro atoms. The van der Waals surface area contributed by atoms with Crippen molar-refractivity contribution in [1.82, 2.24) is 14.4 Å². The van der Waals surface area contributed by atoms with Crippen LogP contribution >= 0.6 is 0 Å². The first-order valence-corrected chi connectivity index (χ1v) is 19.9. The minimum Gasteiger partial charge on any atom is -0.305 e. The van der Waals surface area contributed by atoms with Crippen LogP contribution in [0.3, 0.4) is 0 Å². The van der Waals surface area contributed by atoms with Crippen LogP contribution in [0.4, 0.5) is 0 Å². The number of nitrogens with zero attached hydrogens (tertiary/aromatic N) is 3. The Morgan fingerprint density at radius 1 is 0.333 bits per heavy atom. The molecule has 0 radical (unpaired) electrons. The molecule has 4 heterocycles. The fourth-order valence-corrected chi connectivity index (χ4v) is 12.4. The lowest BCUT2D eigenvalue weighted by atomic mass is 9.72. The molecular formula is C54H29N3. The van der Waals surface area contributed by atoms with Crippen LogP contribution in [0.1, 0.15) is 44.8 Å². The highest BCUT2D eigenvalue weighted by Crippen LogP contribution is 2.66. The van der Waals surface area contributed by atoms with Gasteiger partial charge in [-0.2, -0.15) is 0 Å². The van der Waals surface area contributed by atoms with Gasteiger partial charge < -0.3 is 4.40 Å². The largest absolute Gasteiger partial charge is 0.305 e. The summed E-state index contributed by atoms with van der Waals surface area (Å²) >= 11 is 0. The molecule has 3 heteroatoms. The maximum Gasteiger partial charge on any atom is 0.0898 e. The number of pyridine rings is 2. The lowest BCUT2D eigenvalue weighted by Crippen LogP contribution is -2.27. The molecule has 260 valence electrons. The third kappa shape index (κ3) is 2.91. The van der Waals surface area contributed by atoms with E-state index < -0.39 is 10.8 Å². The lowest BCUT2D eigenvalue weighted by molar-refractivity contribution is 0.761. The number of para-hydroxylation sites is 1. The molecule has 11 aromatic rings. The van der Waals surface area contributed by atoms with Crippen LogP contribution in [0, 0.1) is 0 Å². The normalized spacial score (nSPS) is 15.3. The third-order valence-corrected chi connectivity index (χ3v) is 14.2. The first-order chi connectivity index (χ1) is 28.3. The number of benzene rings is 7. The summed E-state index contributed by atoms with van der Waals surface area (Å²) in [6.07, 6.45) is 4.33. The first kappa shape index (κ1) is 29.0. The predicted molar refractivity (Wildman–Crippen MR) is 229 cm³/mol. The molecule has 4 aliphatic carbocycles. The molecule has 0 amide bonds. The second kappa shape index (κ2) is 9.53. The Morgan fingerprint density at radius 3 is 1.02 bits per heavy atom. The second-order valence-electron chi connectivity index (χ2n) is 16.3. The van der Waals surface area contributed by atoms with Gasteiger partial charge in [0.25, 0.3) is 0 Å². The maximum atomic E-state index is 5.61. The van der Waals surface area contributed by atoms with E-state index in [0.29, 0.717) is 0 Å². The Bertz CT molecular complexity index is 3330. The van der Waals surface area contributed by atoms with Gasteiger partial charge in [-0.3, -0.25) is 9.97 Å². The van der Waals surface area contributed by atoms with Crippen LogP contribution in [0.5, 0.6) is 0 Å². The van der Waals surface area contributed by atoms with Gasteiger partial charge in [0, 0.05) is 32.7 Å². The number of hydrogen-bond acceptors (Lipinski definition) is 2. The van der Waals surface area contributed by atoms with Gasteiger partial charge >= 0.3 is 0 Å². The third-order valence-electron chi connectivity index (χ3n) is 14.2. The predicted octanol–water partition coefficient (Wildman–Crippen LogP) is 12.3. The number of rotatable bonds is 0. The Morgan fingerprint density at radius 2 is 0.649 bits per heavy atom. The topological polar surface area (TPSA) is 30.2 Å². The molecule has 4 aliphatic rings. The lowest BCUT2D eigenvalue weighted by Gasteiger charge is -2.29. The minimum absolute atomic E-state index is 0.490. The van der Waals surface area contributed by atoms with E-state index in [4.69, 9.17) is 9.97 Å². The van der Waals surface area contributed by atoms with E-state index in [1.54, 1.807) is 0 Å². The average molecular weight is 720 g/mol. The van der Waals surface area contributed by atoms with Gasteiger partial charge in [0.05, 0.1) is 51.2 Å². The van der Waals surface area contributed by atoms with Crippen molar-refractivity contribution in [3.8, 4) is 44.5 Å². The highest BCUT2D eigenvalue weighted by Gasteiger charge is 2.55. The molecule has 7 aromatic carbocycles. The van der Waals surface area contributed by atoms with Crippen molar-refractivity contribution in [2.24, 2.45) is 0 Å². The molecule has 4 aromatic heterocycles. The molecule has 0 unspecified atom stereocenters. The van der Waals surface area contributed by atoms with Crippen molar-refractivity contribution in [3.63, 3.8) is 0 Å². The van der Waals surface area contributed by atoms with Crippen molar-refractivity contribution in [3.05, 3.63) is 221 Å². The van der Waals surface area contributed by atoms with Gasteiger partial charge in [0.1, 0.15) is 0 Å². The zero-order valence-corrected chi connectivity index (χ0v) is 30.6. The Kier molecular flexibility index (Phi) is 4.85. The van der Waals surface area contributed by atoms with E-state index in [-0.39, 0.29) is 0 Å². The summed E-state index contributed by atoms with van der Waals surface area (Å²) in [5.74, 6) is 0. The van der Waals surface area contributed by atoms with Crippen LogP contribution in [-0.4, -0.2) is 14.4 Å². The van der Waals surface area contributed by atoms with Crippen molar-refractivity contribution in [1.29, 1.82) is 0 Å². The summed E-state index contributed by atoms with van der Waals surface area (Å²) in [7, 11) is 0. The Hall–Kier alpha value is -7.36. The standard InChI is InChI=1S/C54H29N3/c1-7-22-38-30(14-1)31-15-2-8-23-39(31)53(38)42-26-11-5-18-34(42)48-46-36-20-13-21-37-47-45(57(50(36)37)44(46)28-55-51(48)53)29-56-52-49(47)35-19-6-12-27-43(35)54(52)40-24-9-3-16-32(40)33-17-4-10-25-41(33)54/h1-29H. The van der Waals surface area contributed by atoms with Gasteiger partial charge in [-0.15, -0.1) is 0 Å². The Labute approximate surface area is 327 Å². The van der Waals surface area contributed by atoms with Gasteiger partial charge in [-0.25, -0.2) is 0 Å². The molecule has 0 aliphatic heterocycles. The van der Waals surface area contributed by atoms with E-state index in [0.717, 1.165) is 22.4 Å². The van der Waals surface area contributed by atoms with E-state index >= 15 is 0 Å². The van der Waals surface area contributed by atoms with Crippen molar-refractivity contribution in [2.75, 3.05) is 0 Å². The molecule has 15 rings (SSSR count). The van der Waals surface area contributed by atoms with Crippen molar-refractivity contribution < 1.29 is 0 Å². The molecule has 57 heavy (non-hydrogen) atoms. The zero-order valence-electron chi connectivity index (χ0n) is 30.6. The quantitative estimate of drug-likeness (QED) is 0.156. The molecule has 3 nitrogen and oxygen atoms in total. The van der Waals surface area contributed by atoms with E-state index in [1.165, 1.54) is 105 Å². The average Bonchev–Trinajstić information content (AvgIpc) is 4.09. The molecule has 0 atom stereocenters. The highest BCUT2D eigenvalue weighted by molar-refractivity contribution is 6.29. The fourth-order valence-electron chi connectivity index (χ4n) is 12.4. The number of fused-ring (bicyclic) bond motifs is 28. The summed E-state index contributed by atoms with van der Waals surface area (Å²) in [6, 6.07) is 60.9. The summed E-state index contributed by atoms with van der Waals surface area (Å²) in [5, 5.41) is 5.06. The fraction of sp³-hybridized carbons (Fsp3) is 0.0370. The smallest absolute Gasteiger partial charge is 0.0898 e. The summed E-state index contributed by atoms with van der Waals surface area (Å²) in [6.45, 7) is 0. The summed E-state index contributed by atoms with van der Waals surface area (Å²) in [4.78, 5) is 11.2. The van der Waals surface area contributed by atoms with Gasteiger partial charge in [-0.1, -0.05) is 164 Å². The van der Waals surface area contributed by atoms with Crippen LogP contribution in [-0.2, 0) is 10.8 Å². The maximum absolute atomic E-state index is 5.61. The second-order valence-corrected chi connectivity index (χ2v) is 16.3. The molecule has 0 N–H and O–H groups in total. The van der Waals surface area contributed by atoms with E-state index in [9.17, 15) is 0 Å². The zero-order chi connectivity index (χ0) is 36.8. The number of hydrogen-bond donors (Lipinski definition) is 0. The van der Waals surface area contributed by atoms with Crippen LogP contribution in [0.25, 0.3) is 82.6 Å². The number of aromatic nitrogens is 3. The van der Waals surface area contributed by atoms with Crippen LogP contribution < -0.4 is 0 Å². The molecule has 0 saturated carbocycles. The first-order valence-electron chi connectivity index (χ1n) is 19.9. The SMILES string of the molecule is c1ccc2c(c1)-c1ccccc1C21c2ccccc2-c2c1ncc1c2c2cccc3c4c5c(ncc4n1c23)C1(c2ccccc2-c2ccccc21)c1ccccc1-5. The van der Waals surface area contributed by atoms with E-state index in [1.807, 2.05) is 0 Å². The van der Waals surface area contributed by atoms with Gasteiger partial charge in [-0.05, 0) is 66.8 Å². The molecule has 0 fully saturated rings. The summed E-state index contributed by atoms with van der Waals surface area (Å²) < 4.78 is 2.48. The monoisotopic (exact) mass is 719 g/mol. The summed E-state index contributed by atoms with van der Waals surface area (Å²) in [5.41, 5.74) is 22.8. The highest BCUT2D eigenvalue weighted by atomic mass is 15.0. The van der Waals surface area contributed by atoms with Crippen molar-refractivity contribution in [2.45, 2.75) is 10.8 Å². The van der Waals surface area contributed by atoms with E-state index in [2.05, 4.69) is 181 Å². The minimum atomic E-state index is -0.490. The van der Waals surface area contributed by atoms with Gasteiger partial charge in [0.15, 0.2) is 0 Å². The van der Waals surface area contributed by atoms with Crippen LogP contribution in [0.15, 0.2) is 176 Å². The van der Waals surface area contributed by atoms with Crippen LogP contribution in [0.2, 0.25) is 0 Å². The molecule has 0 bridgehead atoms.